The molecule has 2 N–H and O–H groups in total. The summed E-state index contributed by atoms with van der Waals surface area (Å²) in [5, 5.41) is 11.2. The van der Waals surface area contributed by atoms with E-state index in [1.54, 1.807) is 36.0 Å². The largest absolute Gasteiger partial charge is 0.434 e. The van der Waals surface area contributed by atoms with Crippen LogP contribution in [0.2, 0.25) is 5.02 Å². The molecule has 1 aromatic heterocycles. The molecule has 4 nitrogen and oxygen atoms in total. The molecule has 4 aromatic rings. The monoisotopic (exact) mass is 490 g/mol. The number of aromatic amines is 1. The second-order valence-corrected chi connectivity index (χ2v) is 8.21. The minimum absolute atomic E-state index is 0.0338. The number of hydrogen-bond donors (Lipinski definition) is 2. The van der Waals surface area contributed by atoms with Crippen LogP contribution in [0.25, 0.3) is 22.2 Å². The maximum Gasteiger partial charge on any atom is 0.387 e. The van der Waals surface area contributed by atoms with Gasteiger partial charge in [-0.25, -0.2) is 4.98 Å². The summed E-state index contributed by atoms with van der Waals surface area (Å²) >= 11 is 8.15. The minimum Gasteiger partial charge on any atom is -0.434 e. The number of aliphatic hydroxyl groups is 1. The van der Waals surface area contributed by atoms with Crippen LogP contribution in [-0.4, -0.2) is 27.9 Å². The number of nitrogens with one attached hydrogen (secondary N) is 1. The second-order valence-electron chi connectivity index (χ2n) is 6.93. The first-order valence-electron chi connectivity index (χ1n) is 10.4. The van der Waals surface area contributed by atoms with Crippen LogP contribution in [0.4, 0.5) is 8.78 Å². The van der Waals surface area contributed by atoms with Gasteiger partial charge in [-0.1, -0.05) is 55.8 Å². The molecule has 0 aliphatic carbocycles. The fourth-order valence-electron chi connectivity index (χ4n) is 3.57. The van der Waals surface area contributed by atoms with Gasteiger partial charge in [0.25, 0.3) is 0 Å². The van der Waals surface area contributed by atoms with Crippen LogP contribution in [0, 0.1) is 6.92 Å². The Bertz CT molecular complexity index is 1230. The van der Waals surface area contributed by atoms with Crippen molar-refractivity contribution in [1.82, 2.24) is 9.97 Å². The summed E-state index contributed by atoms with van der Waals surface area (Å²) in [5.41, 5.74) is 3.65. The summed E-state index contributed by atoms with van der Waals surface area (Å²) in [6.45, 7) is 2.86. The highest BCUT2D eigenvalue weighted by Crippen LogP contribution is 2.41. The zero-order valence-electron chi connectivity index (χ0n) is 18.7. The highest BCUT2D eigenvalue weighted by molar-refractivity contribution is 7.98. The second kappa shape index (κ2) is 11.0. The molecule has 0 radical (unpaired) electrons. The van der Waals surface area contributed by atoms with Gasteiger partial charge in [0.1, 0.15) is 17.7 Å². The Morgan fingerprint density at radius 1 is 1.09 bits per heavy atom. The molecule has 174 valence electrons. The van der Waals surface area contributed by atoms with Crippen LogP contribution in [0.5, 0.6) is 5.75 Å². The summed E-state index contributed by atoms with van der Waals surface area (Å²) in [6.07, 6.45) is 1.04. The number of nitrogens with zero attached hydrogens (tertiary/aromatic N) is 1. The summed E-state index contributed by atoms with van der Waals surface area (Å²) in [4.78, 5) is 8.81. The molecule has 0 amide bonds. The van der Waals surface area contributed by atoms with Crippen LogP contribution < -0.4 is 4.74 Å². The normalized spacial score (nSPS) is 11.9. The topological polar surface area (TPSA) is 58.1 Å². The van der Waals surface area contributed by atoms with Crippen molar-refractivity contribution in [2.75, 3.05) is 6.26 Å². The molecule has 33 heavy (non-hydrogen) atoms. The van der Waals surface area contributed by atoms with Gasteiger partial charge in [-0.3, -0.25) is 0 Å². The number of halogens is 3. The van der Waals surface area contributed by atoms with E-state index in [0.717, 1.165) is 4.90 Å². The predicted octanol–water partition coefficient (Wildman–Crippen LogP) is 7.62. The Morgan fingerprint density at radius 2 is 1.76 bits per heavy atom. The number of alkyl halides is 2. The summed E-state index contributed by atoms with van der Waals surface area (Å²) in [5.74, 6) is 0.409. The maximum atomic E-state index is 12.9. The van der Waals surface area contributed by atoms with Gasteiger partial charge in [0.15, 0.2) is 0 Å². The minimum atomic E-state index is -2.95. The zero-order valence-corrected chi connectivity index (χ0v) is 20.3. The zero-order chi connectivity index (χ0) is 24.1. The first kappa shape index (κ1) is 25.0. The number of ether oxygens (including phenoxy) is 1. The van der Waals surface area contributed by atoms with Gasteiger partial charge < -0.3 is 14.8 Å². The molecule has 0 saturated heterocycles. The number of thioether (sulfide) groups is 1. The molecule has 8 heteroatoms. The third kappa shape index (κ3) is 5.32. The van der Waals surface area contributed by atoms with Crippen molar-refractivity contribution in [2.24, 2.45) is 0 Å². The molecule has 0 aliphatic heterocycles. The molecule has 0 saturated carbocycles. The van der Waals surface area contributed by atoms with Crippen LogP contribution in [-0.2, 0) is 0 Å². The van der Waals surface area contributed by atoms with Gasteiger partial charge in [-0.05, 0) is 48.6 Å². The molecule has 0 spiro atoms. The van der Waals surface area contributed by atoms with E-state index in [-0.39, 0.29) is 5.75 Å². The number of rotatable bonds is 6. The SMILES string of the molecule is CC.CSc1ccc(C(O)c2nc3c(C)c(-c4ccccc4OC(F)F)c(Cl)cc3[nH]2)cc1. The van der Waals surface area contributed by atoms with Crippen molar-refractivity contribution in [3.05, 3.63) is 76.6 Å². The van der Waals surface area contributed by atoms with Gasteiger partial charge in [0.05, 0.1) is 16.1 Å². The molecule has 1 unspecified atom stereocenters. The van der Waals surface area contributed by atoms with E-state index in [0.29, 0.717) is 44.1 Å². The number of hydrogen-bond acceptors (Lipinski definition) is 4. The smallest absolute Gasteiger partial charge is 0.387 e. The lowest BCUT2D eigenvalue weighted by molar-refractivity contribution is -0.0494. The number of aromatic nitrogens is 2. The van der Waals surface area contributed by atoms with E-state index in [9.17, 15) is 13.9 Å². The van der Waals surface area contributed by atoms with E-state index >= 15 is 0 Å². The van der Waals surface area contributed by atoms with E-state index in [4.69, 9.17) is 11.6 Å². The predicted molar refractivity (Wildman–Crippen MR) is 132 cm³/mol. The first-order valence-corrected chi connectivity index (χ1v) is 12.0. The highest BCUT2D eigenvalue weighted by Gasteiger charge is 2.21. The number of aliphatic hydroxyl groups excluding tert-OH is 1. The number of aryl methyl sites for hydroxylation is 1. The lowest BCUT2D eigenvalue weighted by Gasteiger charge is -2.14. The first-order chi connectivity index (χ1) is 15.9. The van der Waals surface area contributed by atoms with E-state index < -0.39 is 12.7 Å². The molecule has 1 atom stereocenters. The van der Waals surface area contributed by atoms with Crippen molar-refractivity contribution < 1.29 is 18.6 Å². The summed E-state index contributed by atoms with van der Waals surface area (Å²) in [7, 11) is 0. The number of para-hydroxylation sites is 1. The van der Waals surface area contributed by atoms with Gasteiger partial charge >= 0.3 is 6.61 Å². The number of imidazole rings is 1. The Labute approximate surface area is 201 Å². The Morgan fingerprint density at radius 3 is 2.39 bits per heavy atom. The van der Waals surface area contributed by atoms with Gasteiger partial charge in [-0.2, -0.15) is 8.78 Å². The molecule has 1 heterocycles. The maximum absolute atomic E-state index is 12.9. The average Bonchev–Trinajstić information content (AvgIpc) is 3.25. The molecule has 0 aliphatic rings. The Balaban J connectivity index is 0.00000149. The highest BCUT2D eigenvalue weighted by atomic mass is 35.5. The standard InChI is InChI=1S/C23H19ClF2N2O2S.C2H6/c1-12-19(15-5-3-4-6-18(15)30-23(25)26)16(24)11-17-20(12)28-22(27-17)21(29)13-7-9-14(31-2)10-8-13;1-2/h3-11,21,23,29H,1-2H3,(H,27,28);1-2H3. The van der Waals surface area contributed by atoms with Gasteiger partial charge in [0, 0.05) is 16.0 Å². The fourth-order valence-corrected chi connectivity index (χ4v) is 4.33. The van der Waals surface area contributed by atoms with Crippen LogP contribution in [0.15, 0.2) is 59.5 Å². The third-order valence-electron chi connectivity index (χ3n) is 5.05. The summed E-state index contributed by atoms with van der Waals surface area (Å²) < 4.78 is 30.4. The Hall–Kier alpha value is -2.61. The van der Waals surface area contributed by atoms with Crippen molar-refractivity contribution in [1.29, 1.82) is 0 Å². The van der Waals surface area contributed by atoms with Crippen molar-refractivity contribution >= 4 is 34.4 Å². The lowest BCUT2D eigenvalue weighted by atomic mass is 9.98. The van der Waals surface area contributed by atoms with Crippen molar-refractivity contribution in [2.45, 2.75) is 38.4 Å². The van der Waals surface area contributed by atoms with Crippen molar-refractivity contribution in [3.8, 4) is 16.9 Å². The van der Waals surface area contributed by atoms with Crippen LogP contribution in [0.1, 0.15) is 36.9 Å². The van der Waals surface area contributed by atoms with Crippen LogP contribution in [0.3, 0.4) is 0 Å². The molecular weight excluding hydrogens is 466 g/mol. The fraction of sp³-hybridized carbons (Fsp3) is 0.240. The van der Waals surface area contributed by atoms with Gasteiger partial charge in [0.2, 0.25) is 0 Å². The van der Waals surface area contributed by atoms with E-state index in [2.05, 4.69) is 14.7 Å². The van der Waals surface area contributed by atoms with E-state index in [1.165, 1.54) is 6.07 Å². The Kier molecular flexibility index (Phi) is 8.35. The molecule has 3 aromatic carbocycles. The summed E-state index contributed by atoms with van der Waals surface area (Å²) in [6, 6.07) is 15.8. The average molecular weight is 491 g/mol. The van der Waals surface area contributed by atoms with E-state index in [1.807, 2.05) is 51.3 Å². The number of fused-ring (bicyclic) bond motifs is 1. The van der Waals surface area contributed by atoms with Crippen LogP contribution >= 0.6 is 23.4 Å². The lowest BCUT2D eigenvalue weighted by Crippen LogP contribution is -2.03. The molecular formula is C25H25ClF2N2O2S. The molecule has 0 fully saturated rings. The quantitative estimate of drug-likeness (QED) is 0.273. The third-order valence-corrected chi connectivity index (χ3v) is 6.09. The van der Waals surface area contributed by atoms with Gasteiger partial charge in [-0.15, -0.1) is 11.8 Å². The van der Waals surface area contributed by atoms with Crippen molar-refractivity contribution in [3.63, 3.8) is 0 Å². The number of H-pyrrole nitrogens is 1. The molecule has 0 bridgehead atoms. The molecule has 4 rings (SSSR count). The number of benzene rings is 3.